The molecule has 1 aliphatic heterocycles. The van der Waals surface area contributed by atoms with Crippen LogP contribution in [0.2, 0.25) is 0 Å². The van der Waals surface area contributed by atoms with Gasteiger partial charge in [-0.3, -0.25) is 14.0 Å². The van der Waals surface area contributed by atoms with Crippen LogP contribution >= 0.6 is 0 Å². The zero-order chi connectivity index (χ0) is 20.4. The number of nitrogens with one attached hydrogen (secondary N) is 2. The van der Waals surface area contributed by atoms with Crippen molar-refractivity contribution in [3.05, 3.63) is 18.6 Å². The maximum atomic E-state index is 11.7. The second-order valence-corrected chi connectivity index (χ2v) is 7.52. The Morgan fingerprint density at radius 1 is 1.28 bits per heavy atom. The summed E-state index contributed by atoms with van der Waals surface area (Å²) in [5.41, 5.74) is 1.50. The van der Waals surface area contributed by atoms with Gasteiger partial charge in [0.2, 0.25) is 11.9 Å². The average Bonchev–Trinajstić information content (AvgIpc) is 3.38. The summed E-state index contributed by atoms with van der Waals surface area (Å²) in [7, 11) is 1.88. The number of rotatable bonds is 8. The largest absolute Gasteiger partial charge is 0.368 e. The molecule has 1 amide bonds. The van der Waals surface area contributed by atoms with E-state index in [1.807, 2.05) is 18.0 Å². The molecule has 3 aromatic heterocycles. The highest BCUT2D eigenvalue weighted by Gasteiger charge is 2.20. The maximum Gasteiger partial charge on any atom is 0.222 e. The zero-order valence-electron chi connectivity index (χ0n) is 17.1. The summed E-state index contributed by atoms with van der Waals surface area (Å²) < 4.78 is 3.81. The molecule has 0 unspecified atom stereocenters. The predicted octanol–water partition coefficient (Wildman–Crippen LogP) is 2.31. The van der Waals surface area contributed by atoms with Crippen LogP contribution in [-0.2, 0) is 11.8 Å². The third kappa shape index (κ3) is 3.87. The van der Waals surface area contributed by atoms with Gasteiger partial charge in [0, 0.05) is 45.2 Å². The lowest BCUT2D eigenvalue weighted by molar-refractivity contribution is -0.127. The molecule has 0 spiro atoms. The van der Waals surface area contributed by atoms with Crippen LogP contribution < -0.4 is 10.6 Å². The lowest BCUT2D eigenvalue weighted by Gasteiger charge is -2.15. The molecule has 0 radical (unpaired) electrons. The SMILES string of the molecule is CC(C)n1c(Nc2ccnn2C)nc2c(NCCCN3CCCC3=O)ncnc21. The molecule has 29 heavy (non-hydrogen) atoms. The van der Waals surface area contributed by atoms with Gasteiger partial charge >= 0.3 is 0 Å². The maximum absolute atomic E-state index is 11.7. The molecule has 1 saturated heterocycles. The minimum absolute atomic E-state index is 0.166. The zero-order valence-corrected chi connectivity index (χ0v) is 17.1. The molecule has 4 heterocycles. The van der Waals surface area contributed by atoms with E-state index in [0.717, 1.165) is 49.5 Å². The van der Waals surface area contributed by atoms with Crippen LogP contribution in [0.15, 0.2) is 18.6 Å². The number of hydrogen-bond acceptors (Lipinski definition) is 7. The summed E-state index contributed by atoms with van der Waals surface area (Å²) in [5.74, 6) is 2.51. The van der Waals surface area contributed by atoms with Crippen molar-refractivity contribution in [3.63, 3.8) is 0 Å². The van der Waals surface area contributed by atoms with Gasteiger partial charge in [0.05, 0.1) is 6.20 Å². The Morgan fingerprint density at radius 2 is 2.14 bits per heavy atom. The number of imidazole rings is 1. The fraction of sp³-hybridized carbons (Fsp3) is 0.526. The van der Waals surface area contributed by atoms with Gasteiger partial charge in [-0.05, 0) is 26.7 Å². The number of amides is 1. The summed E-state index contributed by atoms with van der Waals surface area (Å²) in [6, 6.07) is 2.06. The molecule has 10 heteroatoms. The number of hydrogen-bond donors (Lipinski definition) is 2. The minimum Gasteiger partial charge on any atom is -0.368 e. The number of carbonyl (C=O) groups excluding carboxylic acids is 1. The third-order valence-corrected chi connectivity index (χ3v) is 5.12. The van der Waals surface area contributed by atoms with E-state index in [4.69, 9.17) is 4.98 Å². The number of carbonyl (C=O) groups is 1. The molecule has 1 fully saturated rings. The van der Waals surface area contributed by atoms with Crippen LogP contribution in [0.4, 0.5) is 17.6 Å². The Bertz CT molecular complexity index is 1010. The first-order valence-electron chi connectivity index (χ1n) is 10.0. The van der Waals surface area contributed by atoms with Gasteiger partial charge in [0.25, 0.3) is 0 Å². The number of aryl methyl sites for hydroxylation is 1. The Balaban J connectivity index is 1.53. The molecule has 0 aromatic carbocycles. The Kier molecular flexibility index (Phi) is 5.32. The number of anilines is 3. The molecule has 3 aromatic rings. The molecular weight excluding hydrogens is 370 g/mol. The second-order valence-electron chi connectivity index (χ2n) is 7.52. The molecule has 2 N–H and O–H groups in total. The number of aromatic nitrogens is 6. The van der Waals surface area contributed by atoms with Gasteiger partial charge in [0.1, 0.15) is 12.1 Å². The standard InChI is InChI=1S/C19H27N9O/c1-13(2)28-18-16(25-19(28)24-14-7-9-23-26(14)3)17(21-12-22-18)20-8-5-11-27-10-4-6-15(27)29/h7,9,12-13H,4-6,8,10-11H2,1-3H3,(H,24,25)(H,20,21,22). The molecule has 1 aliphatic rings. The monoisotopic (exact) mass is 397 g/mol. The van der Waals surface area contributed by atoms with Crippen molar-refractivity contribution in [1.29, 1.82) is 0 Å². The van der Waals surface area contributed by atoms with E-state index < -0.39 is 0 Å². The Labute approximate surface area is 169 Å². The minimum atomic E-state index is 0.166. The van der Waals surface area contributed by atoms with Crippen LogP contribution in [0.25, 0.3) is 11.2 Å². The number of nitrogens with zero attached hydrogens (tertiary/aromatic N) is 7. The Hall–Kier alpha value is -3.17. The normalized spacial score (nSPS) is 14.3. The van der Waals surface area contributed by atoms with Crippen LogP contribution in [0.1, 0.15) is 39.2 Å². The lowest BCUT2D eigenvalue weighted by atomic mass is 10.3. The van der Waals surface area contributed by atoms with Gasteiger partial charge in [0.15, 0.2) is 17.0 Å². The molecule has 0 saturated carbocycles. The van der Waals surface area contributed by atoms with Crippen LogP contribution in [-0.4, -0.2) is 59.7 Å². The van der Waals surface area contributed by atoms with Crippen molar-refractivity contribution in [3.8, 4) is 0 Å². The summed E-state index contributed by atoms with van der Waals surface area (Å²) in [4.78, 5) is 27.3. The fourth-order valence-corrected chi connectivity index (χ4v) is 3.64. The van der Waals surface area contributed by atoms with Crippen LogP contribution in [0, 0.1) is 0 Å². The van der Waals surface area contributed by atoms with E-state index >= 15 is 0 Å². The molecule has 0 atom stereocenters. The first-order valence-corrected chi connectivity index (χ1v) is 10.0. The van der Waals surface area contributed by atoms with Crippen molar-refractivity contribution >= 4 is 34.7 Å². The Morgan fingerprint density at radius 3 is 2.83 bits per heavy atom. The molecule has 0 aliphatic carbocycles. The van der Waals surface area contributed by atoms with Gasteiger partial charge in [-0.15, -0.1) is 0 Å². The molecule has 154 valence electrons. The quantitative estimate of drug-likeness (QED) is 0.562. The lowest BCUT2D eigenvalue weighted by Crippen LogP contribution is -2.27. The van der Waals surface area contributed by atoms with E-state index in [0.29, 0.717) is 18.2 Å². The topological polar surface area (TPSA) is 106 Å². The van der Waals surface area contributed by atoms with E-state index in [2.05, 4.69) is 44.1 Å². The number of fused-ring (bicyclic) bond motifs is 1. The van der Waals surface area contributed by atoms with Crippen molar-refractivity contribution in [1.82, 2.24) is 34.2 Å². The summed E-state index contributed by atoms with van der Waals surface area (Å²) >= 11 is 0. The predicted molar refractivity (Wildman–Crippen MR) is 111 cm³/mol. The number of likely N-dealkylation sites (tertiary alicyclic amines) is 1. The first kappa shape index (κ1) is 19.2. The average molecular weight is 397 g/mol. The smallest absolute Gasteiger partial charge is 0.222 e. The fourth-order valence-electron chi connectivity index (χ4n) is 3.64. The van der Waals surface area contributed by atoms with Gasteiger partial charge in [-0.25, -0.2) is 15.0 Å². The molecule has 10 nitrogen and oxygen atoms in total. The first-order chi connectivity index (χ1) is 14.0. The van der Waals surface area contributed by atoms with E-state index in [9.17, 15) is 4.79 Å². The van der Waals surface area contributed by atoms with E-state index in [1.165, 1.54) is 0 Å². The van der Waals surface area contributed by atoms with E-state index in [-0.39, 0.29) is 11.9 Å². The highest BCUT2D eigenvalue weighted by molar-refractivity contribution is 5.85. The summed E-state index contributed by atoms with van der Waals surface area (Å²) in [6.07, 6.45) is 5.81. The summed E-state index contributed by atoms with van der Waals surface area (Å²) in [6.45, 7) is 6.55. The molecule has 4 rings (SSSR count). The van der Waals surface area contributed by atoms with Gasteiger partial charge < -0.3 is 15.5 Å². The van der Waals surface area contributed by atoms with Gasteiger partial charge in [-0.2, -0.15) is 5.10 Å². The van der Waals surface area contributed by atoms with E-state index in [1.54, 1.807) is 17.2 Å². The molecule has 0 bridgehead atoms. The molecular formula is C19H27N9O. The summed E-state index contributed by atoms with van der Waals surface area (Å²) in [5, 5.41) is 10.9. The highest BCUT2D eigenvalue weighted by Crippen LogP contribution is 2.28. The van der Waals surface area contributed by atoms with Crippen molar-refractivity contribution in [2.45, 2.75) is 39.2 Å². The highest BCUT2D eigenvalue weighted by atomic mass is 16.2. The van der Waals surface area contributed by atoms with Crippen molar-refractivity contribution in [2.24, 2.45) is 7.05 Å². The second kappa shape index (κ2) is 8.06. The van der Waals surface area contributed by atoms with Crippen molar-refractivity contribution < 1.29 is 4.79 Å². The third-order valence-electron chi connectivity index (χ3n) is 5.12. The van der Waals surface area contributed by atoms with Crippen LogP contribution in [0.5, 0.6) is 0 Å². The van der Waals surface area contributed by atoms with Gasteiger partial charge in [-0.1, -0.05) is 0 Å². The van der Waals surface area contributed by atoms with Crippen molar-refractivity contribution in [2.75, 3.05) is 30.3 Å². The van der Waals surface area contributed by atoms with Crippen LogP contribution in [0.3, 0.4) is 0 Å².